The zero-order chi connectivity index (χ0) is 18.6. The van der Waals surface area contributed by atoms with Gasteiger partial charge in [0, 0.05) is 13.1 Å². The normalized spacial score (nSPS) is 22.3. The Morgan fingerprint density at radius 2 is 1.62 bits per heavy atom. The van der Waals surface area contributed by atoms with Crippen LogP contribution in [0.15, 0.2) is 0 Å². The van der Waals surface area contributed by atoms with Gasteiger partial charge in [-0.05, 0) is 32.2 Å². The molecule has 0 radical (unpaired) electrons. The van der Waals surface area contributed by atoms with Gasteiger partial charge in [-0.25, -0.2) is 0 Å². The minimum atomic E-state index is -0.229. The molecule has 2 fully saturated rings. The maximum atomic E-state index is 12.4. The lowest BCUT2D eigenvalue weighted by Gasteiger charge is -2.41. The van der Waals surface area contributed by atoms with Crippen molar-refractivity contribution in [1.29, 1.82) is 0 Å². The first-order chi connectivity index (χ1) is 12.7. The fourth-order valence-corrected chi connectivity index (χ4v) is 3.96. The highest BCUT2D eigenvalue weighted by molar-refractivity contribution is 5.91. The Morgan fingerprint density at radius 1 is 0.962 bits per heavy atom. The summed E-state index contributed by atoms with van der Waals surface area (Å²) < 4.78 is 0. The molecule has 2 rings (SSSR count). The molecule has 0 spiro atoms. The molecule has 5 nitrogen and oxygen atoms in total. The molecule has 0 aromatic heterocycles. The van der Waals surface area contributed by atoms with Crippen LogP contribution >= 0.6 is 0 Å². The van der Waals surface area contributed by atoms with Crippen LogP contribution < -0.4 is 10.6 Å². The van der Waals surface area contributed by atoms with Crippen LogP contribution in [-0.4, -0.2) is 48.4 Å². The Balaban J connectivity index is 1.45. The van der Waals surface area contributed by atoms with Crippen molar-refractivity contribution < 1.29 is 9.59 Å². The Bertz CT molecular complexity index is 421. The molecule has 2 aliphatic heterocycles. The van der Waals surface area contributed by atoms with E-state index in [2.05, 4.69) is 17.6 Å². The minimum Gasteiger partial charge on any atom is -0.354 e. The lowest BCUT2D eigenvalue weighted by atomic mass is 10.00. The first kappa shape index (κ1) is 21.2. The van der Waals surface area contributed by atoms with Gasteiger partial charge >= 0.3 is 0 Å². The summed E-state index contributed by atoms with van der Waals surface area (Å²) >= 11 is 0. The summed E-state index contributed by atoms with van der Waals surface area (Å²) in [6, 6.07) is -0.291. The molecule has 0 bridgehead atoms. The number of nitrogens with zero attached hydrogens (tertiary/aromatic N) is 1. The fourth-order valence-electron chi connectivity index (χ4n) is 3.96. The van der Waals surface area contributed by atoms with Crippen molar-refractivity contribution in [3.8, 4) is 0 Å². The van der Waals surface area contributed by atoms with Crippen molar-refractivity contribution in [3.05, 3.63) is 0 Å². The summed E-state index contributed by atoms with van der Waals surface area (Å²) in [4.78, 5) is 26.4. The molecule has 5 heteroatoms. The van der Waals surface area contributed by atoms with Crippen molar-refractivity contribution in [3.63, 3.8) is 0 Å². The number of hydrogen-bond acceptors (Lipinski definition) is 3. The summed E-state index contributed by atoms with van der Waals surface area (Å²) in [6.45, 7) is 4.65. The molecule has 26 heavy (non-hydrogen) atoms. The first-order valence-corrected chi connectivity index (χ1v) is 11.1. The molecule has 2 heterocycles. The van der Waals surface area contributed by atoms with Crippen LogP contribution in [0.5, 0.6) is 0 Å². The second-order valence-corrected chi connectivity index (χ2v) is 7.96. The highest BCUT2D eigenvalue weighted by atomic mass is 16.2. The van der Waals surface area contributed by atoms with E-state index in [0.717, 1.165) is 45.3 Å². The Kier molecular flexibility index (Phi) is 10.0. The van der Waals surface area contributed by atoms with E-state index < -0.39 is 0 Å². The summed E-state index contributed by atoms with van der Waals surface area (Å²) in [5.41, 5.74) is 0. The number of likely N-dealkylation sites (tertiary alicyclic amines) is 1. The highest BCUT2D eigenvalue weighted by Gasteiger charge is 2.40. The van der Waals surface area contributed by atoms with Crippen LogP contribution in [0.1, 0.15) is 90.4 Å². The molecular formula is C21H39N3O2. The van der Waals surface area contributed by atoms with Gasteiger partial charge in [-0.2, -0.15) is 0 Å². The third-order valence-electron chi connectivity index (χ3n) is 5.79. The number of carbonyl (C=O) groups is 2. The summed E-state index contributed by atoms with van der Waals surface area (Å²) in [7, 11) is 0. The van der Waals surface area contributed by atoms with Crippen molar-refractivity contribution in [2.75, 3.05) is 19.6 Å². The van der Waals surface area contributed by atoms with Crippen LogP contribution in [0.4, 0.5) is 0 Å². The molecule has 0 aromatic carbocycles. The van der Waals surface area contributed by atoms with E-state index in [4.69, 9.17) is 0 Å². The first-order valence-electron chi connectivity index (χ1n) is 11.1. The van der Waals surface area contributed by atoms with Gasteiger partial charge in [0.1, 0.15) is 6.04 Å². The van der Waals surface area contributed by atoms with Gasteiger partial charge in [0.15, 0.2) is 0 Å². The fraction of sp³-hybridized carbons (Fsp3) is 0.905. The summed E-state index contributed by atoms with van der Waals surface area (Å²) in [5.74, 6) is 0.159. The van der Waals surface area contributed by atoms with E-state index in [0.29, 0.717) is 0 Å². The molecule has 2 saturated heterocycles. The Labute approximate surface area is 159 Å². The van der Waals surface area contributed by atoms with Gasteiger partial charge in [0.25, 0.3) is 0 Å². The molecule has 1 unspecified atom stereocenters. The molecule has 2 amide bonds. The number of carbonyl (C=O) groups excluding carboxylic acids is 2. The van der Waals surface area contributed by atoms with Crippen LogP contribution in [-0.2, 0) is 9.59 Å². The standard InChI is InChI=1S/C21H39N3O2/c1-2-3-4-5-6-7-8-9-10-11-15-23-20(25)19-14-17-24(19)21(26)18-13-12-16-22-18/h18-19,22H,2-17H2,1H3,(H,23,25)/t18-,19?/m0/s1. The number of amides is 2. The molecular weight excluding hydrogens is 326 g/mol. The molecule has 2 N–H and O–H groups in total. The molecule has 0 saturated carbocycles. The average Bonchev–Trinajstić information content (AvgIpc) is 3.13. The Morgan fingerprint density at radius 3 is 2.15 bits per heavy atom. The van der Waals surface area contributed by atoms with Crippen molar-refractivity contribution in [1.82, 2.24) is 15.5 Å². The van der Waals surface area contributed by atoms with E-state index in [1.165, 1.54) is 57.8 Å². The molecule has 2 atom stereocenters. The smallest absolute Gasteiger partial charge is 0.242 e. The van der Waals surface area contributed by atoms with Crippen molar-refractivity contribution >= 4 is 11.8 Å². The summed E-state index contributed by atoms with van der Waals surface area (Å²) in [5, 5.41) is 6.26. The lowest BCUT2D eigenvalue weighted by Crippen LogP contribution is -2.61. The Hall–Kier alpha value is -1.10. The van der Waals surface area contributed by atoms with Crippen molar-refractivity contribution in [2.24, 2.45) is 0 Å². The van der Waals surface area contributed by atoms with Gasteiger partial charge in [-0.1, -0.05) is 64.7 Å². The van der Waals surface area contributed by atoms with E-state index in [1.54, 1.807) is 4.90 Å². The van der Waals surface area contributed by atoms with Gasteiger partial charge in [-0.15, -0.1) is 0 Å². The summed E-state index contributed by atoms with van der Waals surface area (Å²) in [6.07, 6.45) is 15.8. The van der Waals surface area contributed by atoms with E-state index in [1.807, 2.05) is 0 Å². The van der Waals surface area contributed by atoms with Gasteiger partial charge in [0.2, 0.25) is 11.8 Å². The zero-order valence-corrected chi connectivity index (χ0v) is 16.7. The van der Waals surface area contributed by atoms with Crippen LogP contribution in [0.3, 0.4) is 0 Å². The van der Waals surface area contributed by atoms with Gasteiger partial charge in [0.05, 0.1) is 6.04 Å². The highest BCUT2D eigenvalue weighted by Crippen LogP contribution is 2.21. The molecule has 2 aliphatic rings. The number of unbranched alkanes of at least 4 members (excludes halogenated alkanes) is 9. The zero-order valence-electron chi connectivity index (χ0n) is 16.7. The van der Waals surface area contributed by atoms with Crippen molar-refractivity contribution in [2.45, 2.75) is 102 Å². The topological polar surface area (TPSA) is 61.4 Å². The third kappa shape index (κ3) is 6.90. The maximum absolute atomic E-state index is 12.4. The average molecular weight is 366 g/mol. The van der Waals surface area contributed by atoms with Crippen LogP contribution in [0.25, 0.3) is 0 Å². The maximum Gasteiger partial charge on any atom is 0.242 e. The van der Waals surface area contributed by atoms with E-state index in [9.17, 15) is 9.59 Å². The molecule has 0 aliphatic carbocycles. The minimum absolute atomic E-state index is 0.0403. The van der Waals surface area contributed by atoms with E-state index >= 15 is 0 Å². The molecule has 0 aromatic rings. The second kappa shape index (κ2) is 12.3. The SMILES string of the molecule is CCCCCCCCCCCCNC(=O)C1CCN1C(=O)[C@@H]1CCCN1. The number of nitrogens with one attached hydrogen (secondary N) is 2. The van der Waals surface area contributed by atoms with Gasteiger partial charge in [-0.3, -0.25) is 9.59 Å². The molecule has 150 valence electrons. The van der Waals surface area contributed by atoms with Crippen LogP contribution in [0, 0.1) is 0 Å². The predicted molar refractivity (Wildman–Crippen MR) is 106 cm³/mol. The van der Waals surface area contributed by atoms with Crippen LogP contribution in [0.2, 0.25) is 0 Å². The number of rotatable bonds is 13. The quantitative estimate of drug-likeness (QED) is 0.492. The largest absolute Gasteiger partial charge is 0.354 e. The second-order valence-electron chi connectivity index (χ2n) is 7.96. The third-order valence-corrected chi connectivity index (χ3v) is 5.79. The van der Waals surface area contributed by atoms with Gasteiger partial charge < -0.3 is 15.5 Å². The number of hydrogen-bond donors (Lipinski definition) is 2. The predicted octanol–water partition coefficient (Wildman–Crippen LogP) is 3.38. The monoisotopic (exact) mass is 365 g/mol. The van der Waals surface area contributed by atoms with E-state index in [-0.39, 0.29) is 23.9 Å². The lowest BCUT2D eigenvalue weighted by molar-refractivity contribution is -0.148.